The van der Waals surface area contributed by atoms with Gasteiger partial charge in [0.15, 0.2) is 5.82 Å². The zero-order valence-corrected chi connectivity index (χ0v) is 32.4. The number of amides is 4. The number of imide groups is 2. The number of carbonyl (C=O) groups excluding carboxylic acids is 4. The summed E-state index contributed by atoms with van der Waals surface area (Å²) >= 11 is 6.37. The number of nitrogens with zero attached hydrogens (tertiary/aromatic N) is 8. The molecule has 6 aliphatic rings. The van der Waals surface area contributed by atoms with E-state index in [-0.39, 0.29) is 47.2 Å². The van der Waals surface area contributed by atoms with Gasteiger partial charge in [-0.3, -0.25) is 34.3 Å². The molecule has 296 valence electrons. The molecule has 7 heterocycles. The van der Waals surface area contributed by atoms with E-state index in [1.807, 2.05) is 35.2 Å². The molecule has 5 fully saturated rings. The standard InChI is InChI=1S/C41H43ClFN9O5/c1-24-20-41(23-51(24)25-3-4-32(44-2)30(42)17-25)11-15-49(16-12-41)35-6-8-37(47-46-35)57-27-9-13-48(14-10-27)26-21-50(22-26)34-19-29-28(18-31(34)43)39(55)52(40(29)56)33-5-7-36(53)45-38(33)54/h3-4,6,8,17-19,24,26-27,33H,5,7,9-16,20-23H2,1H3,(H,45,53,54)/t24-,33?/m0/s1. The van der Waals surface area contributed by atoms with Gasteiger partial charge in [0.05, 0.1) is 23.4 Å². The zero-order valence-electron chi connectivity index (χ0n) is 31.6. The lowest BCUT2D eigenvalue weighted by Crippen LogP contribution is -2.61. The largest absolute Gasteiger partial charge is 0.473 e. The number of fused-ring (bicyclic) bond motifs is 1. The first-order valence-corrected chi connectivity index (χ1v) is 20.1. The molecule has 0 radical (unpaired) electrons. The number of nitrogens with one attached hydrogen (secondary N) is 1. The molecular weight excluding hydrogens is 753 g/mol. The van der Waals surface area contributed by atoms with Crippen LogP contribution >= 0.6 is 11.6 Å². The van der Waals surface area contributed by atoms with E-state index in [4.69, 9.17) is 22.9 Å². The Bertz CT molecular complexity index is 2180. The Morgan fingerprint density at radius 2 is 1.67 bits per heavy atom. The van der Waals surface area contributed by atoms with Crippen LogP contribution in [0.2, 0.25) is 5.02 Å². The maximum atomic E-state index is 15.3. The molecule has 6 aliphatic heterocycles. The molecule has 1 spiro atoms. The molecular formula is C41H43ClFN9O5. The summed E-state index contributed by atoms with van der Waals surface area (Å²) in [4.78, 5) is 63.7. The molecule has 0 saturated carbocycles. The van der Waals surface area contributed by atoms with Crippen LogP contribution in [-0.2, 0) is 9.59 Å². The lowest BCUT2D eigenvalue weighted by Gasteiger charge is -2.48. The molecule has 1 unspecified atom stereocenters. The van der Waals surface area contributed by atoms with Crippen LogP contribution < -0.4 is 24.8 Å². The highest BCUT2D eigenvalue weighted by atomic mass is 35.5. The quantitative estimate of drug-likeness (QED) is 0.260. The van der Waals surface area contributed by atoms with Crippen molar-refractivity contribution in [3.8, 4) is 5.88 Å². The van der Waals surface area contributed by atoms with E-state index < -0.39 is 35.5 Å². The van der Waals surface area contributed by atoms with Crippen molar-refractivity contribution < 1.29 is 28.3 Å². The van der Waals surface area contributed by atoms with Gasteiger partial charge >= 0.3 is 0 Å². The van der Waals surface area contributed by atoms with Crippen molar-refractivity contribution >= 4 is 58.1 Å². The van der Waals surface area contributed by atoms with Crippen LogP contribution in [0.4, 0.5) is 27.3 Å². The number of halogens is 2. The Balaban J connectivity index is 0.735. The lowest BCUT2D eigenvalue weighted by molar-refractivity contribution is -0.136. The fourth-order valence-corrected chi connectivity index (χ4v) is 9.90. The van der Waals surface area contributed by atoms with Crippen molar-refractivity contribution in [2.45, 2.75) is 76.1 Å². The number of piperidine rings is 3. The minimum absolute atomic E-state index is 0.0113. The maximum Gasteiger partial charge on any atom is 0.262 e. The van der Waals surface area contributed by atoms with Gasteiger partial charge in [0.25, 0.3) is 11.8 Å². The van der Waals surface area contributed by atoms with Crippen molar-refractivity contribution in [2.24, 2.45) is 5.41 Å². The number of likely N-dealkylation sites (tertiary alicyclic amines) is 1. The van der Waals surface area contributed by atoms with Crippen LogP contribution in [0.25, 0.3) is 4.85 Å². The molecule has 1 N–H and O–H groups in total. The molecule has 2 aromatic carbocycles. The van der Waals surface area contributed by atoms with E-state index in [1.165, 1.54) is 6.07 Å². The van der Waals surface area contributed by atoms with Gasteiger partial charge in [-0.2, -0.15) is 0 Å². The van der Waals surface area contributed by atoms with Crippen LogP contribution in [0, 0.1) is 17.8 Å². The number of rotatable bonds is 7. The average Bonchev–Trinajstić information content (AvgIpc) is 3.63. The van der Waals surface area contributed by atoms with Crippen LogP contribution in [0.5, 0.6) is 5.88 Å². The summed E-state index contributed by atoms with van der Waals surface area (Å²) in [6.07, 6.45) is 4.95. The summed E-state index contributed by atoms with van der Waals surface area (Å²) in [6, 6.07) is 11.7. The topological polar surface area (TPSA) is 136 Å². The van der Waals surface area contributed by atoms with Gasteiger partial charge in [-0.1, -0.05) is 17.7 Å². The molecule has 5 saturated heterocycles. The Labute approximate surface area is 334 Å². The minimum atomic E-state index is -1.10. The summed E-state index contributed by atoms with van der Waals surface area (Å²) in [7, 11) is 0. The van der Waals surface area contributed by atoms with Crippen LogP contribution in [0.3, 0.4) is 0 Å². The molecule has 3 aromatic rings. The highest BCUT2D eigenvalue weighted by molar-refractivity contribution is 6.33. The Kier molecular flexibility index (Phi) is 9.52. The zero-order chi connectivity index (χ0) is 39.6. The molecule has 9 rings (SSSR count). The van der Waals surface area contributed by atoms with Gasteiger partial charge in [-0.25, -0.2) is 9.24 Å². The number of ether oxygens (including phenoxy) is 1. The second-order valence-corrected chi connectivity index (χ2v) is 16.8. The van der Waals surface area contributed by atoms with Crippen LogP contribution in [0.1, 0.15) is 72.6 Å². The smallest absolute Gasteiger partial charge is 0.262 e. The maximum absolute atomic E-state index is 15.3. The summed E-state index contributed by atoms with van der Waals surface area (Å²) in [6.45, 7) is 15.1. The third-order valence-electron chi connectivity index (χ3n) is 12.9. The summed E-state index contributed by atoms with van der Waals surface area (Å²) in [5.41, 5.74) is 2.05. The highest BCUT2D eigenvalue weighted by Crippen LogP contribution is 2.46. The Hall–Kier alpha value is -5.33. The highest BCUT2D eigenvalue weighted by Gasteiger charge is 2.47. The summed E-state index contributed by atoms with van der Waals surface area (Å²) in [5.74, 6) is -1.74. The van der Waals surface area contributed by atoms with Gasteiger partial charge in [-0.05, 0) is 81.2 Å². The van der Waals surface area contributed by atoms with Gasteiger partial charge in [0, 0.05) is 81.1 Å². The van der Waals surface area contributed by atoms with Crippen molar-refractivity contribution in [3.63, 3.8) is 0 Å². The van der Waals surface area contributed by atoms with E-state index in [9.17, 15) is 19.2 Å². The fourth-order valence-electron chi connectivity index (χ4n) is 9.68. The van der Waals surface area contributed by atoms with Crippen molar-refractivity contribution in [2.75, 3.05) is 60.5 Å². The summed E-state index contributed by atoms with van der Waals surface area (Å²) < 4.78 is 21.6. The number of carbonyl (C=O) groups is 4. The SMILES string of the molecule is [C-]#[N+]c1ccc(N2CC3(CCN(c4ccc(OC5CCN(C6CN(c7cc8c(cc7F)C(=O)N(C7CCC(=O)NC7=O)C8=O)C6)CC5)nn4)CC3)C[C@@H]2C)cc1Cl. The van der Waals surface area contributed by atoms with Gasteiger partial charge in [-0.15, -0.1) is 10.2 Å². The number of hydrogen-bond donors (Lipinski definition) is 1. The summed E-state index contributed by atoms with van der Waals surface area (Å²) in [5, 5.41) is 11.7. The number of aromatic nitrogens is 2. The number of benzene rings is 2. The molecule has 57 heavy (non-hydrogen) atoms. The van der Waals surface area contributed by atoms with Gasteiger partial charge < -0.3 is 19.4 Å². The number of hydrogen-bond acceptors (Lipinski definition) is 11. The van der Waals surface area contributed by atoms with Crippen molar-refractivity contribution in [3.05, 3.63) is 75.8 Å². The first kappa shape index (κ1) is 37.3. The molecule has 2 atom stereocenters. The first-order chi connectivity index (χ1) is 27.5. The molecule has 0 aliphatic carbocycles. The van der Waals surface area contributed by atoms with E-state index in [0.717, 1.165) is 87.3 Å². The van der Waals surface area contributed by atoms with Gasteiger partial charge in [0.1, 0.15) is 18.0 Å². The predicted octanol–water partition coefficient (Wildman–Crippen LogP) is 4.84. The Morgan fingerprint density at radius 3 is 2.33 bits per heavy atom. The van der Waals surface area contributed by atoms with Crippen LogP contribution in [-0.4, -0.2) is 114 Å². The second kappa shape index (κ2) is 14.6. The Morgan fingerprint density at radius 1 is 0.930 bits per heavy atom. The third kappa shape index (κ3) is 6.82. The van der Waals surface area contributed by atoms with E-state index in [0.29, 0.717) is 35.7 Å². The first-order valence-electron chi connectivity index (χ1n) is 19.7. The fraction of sp³-hybridized carbons (Fsp3) is 0.488. The average molecular weight is 796 g/mol. The molecule has 0 bridgehead atoms. The van der Waals surface area contributed by atoms with E-state index in [1.54, 1.807) is 0 Å². The molecule has 1 aromatic heterocycles. The normalized spacial score (nSPS) is 24.2. The van der Waals surface area contributed by atoms with Crippen molar-refractivity contribution in [1.82, 2.24) is 25.3 Å². The van der Waals surface area contributed by atoms with E-state index >= 15 is 4.39 Å². The minimum Gasteiger partial charge on any atom is -0.473 e. The molecule has 4 amide bonds. The monoisotopic (exact) mass is 795 g/mol. The molecule has 14 nitrogen and oxygen atoms in total. The second-order valence-electron chi connectivity index (χ2n) is 16.4. The lowest BCUT2D eigenvalue weighted by atomic mass is 9.77. The molecule has 16 heteroatoms. The predicted molar refractivity (Wildman–Crippen MR) is 209 cm³/mol. The third-order valence-corrected chi connectivity index (χ3v) is 13.2. The number of anilines is 3. The van der Waals surface area contributed by atoms with Crippen LogP contribution in [0.15, 0.2) is 42.5 Å². The van der Waals surface area contributed by atoms with Crippen molar-refractivity contribution in [1.29, 1.82) is 0 Å². The van der Waals surface area contributed by atoms with Gasteiger partial charge in [0.2, 0.25) is 23.4 Å². The van der Waals surface area contributed by atoms with E-state index in [2.05, 4.69) is 42.0 Å².